The van der Waals surface area contributed by atoms with Crippen molar-refractivity contribution in [3.8, 4) is 0 Å². The molecule has 0 saturated heterocycles. The Kier molecular flexibility index (Phi) is 6.72. The second-order valence-electron chi connectivity index (χ2n) is 9.12. The van der Waals surface area contributed by atoms with Crippen LogP contribution in [0.25, 0.3) is 11.0 Å². The van der Waals surface area contributed by atoms with E-state index in [1.54, 1.807) is 12.1 Å². The van der Waals surface area contributed by atoms with E-state index in [0.717, 1.165) is 34.4 Å². The molecule has 0 spiro atoms. The zero-order valence-electron chi connectivity index (χ0n) is 20.2. The van der Waals surface area contributed by atoms with E-state index in [1.807, 2.05) is 43.3 Å². The van der Waals surface area contributed by atoms with Crippen molar-refractivity contribution in [1.82, 2.24) is 9.55 Å². The second kappa shape index (κ2) is 10.1. The maximum atomic E-state index is 12.2. The molecule has 5 aromatic rings. The van der Waals surface area contributed by atoms with E-state index in [1.165, 1.54) is 11.1 Å². The molecule has 0 radical (unpaired) electrons. The summed E-state index contributed by atoms with van der Waals surface area (Å²) in [6.07, 6.45) is 1.54. The molecule has 182 valence electrons. The SMILES string of the molecule is Cc1nc2ccccc2n1Cc1ccc(S(N)(=O)=O)cc1CCC(c1ccccc1)c1ccccc1. The van der Waals surface area contributed by atoms with Crippen molar-refractivity contribution in [2.24, 2.45) is 5.14 Å². The Morgan fingerprint density at radius 1 is 0.806 bits per heavy atom. The quantitative estimate of drug-likeness (QED) is 0.295. The topological polar surface area (TPSA) is 78.0 Å². The molecule has 4 aromatic carbocycles. The Balaban J connectivity index is 1.52. The van der Waals surface area contributed by atoms with E-state index in [2.05, 4.69) is 59.2 Å². The van der Waals surface area contributed by atoms with Gasteiger partial charge < -0.3 is 4.57 Å². The summed E-state index contributed by atoms with van der Waals surface area (Å²) >= 11 is 0. The van der Waals surface area contributed by atoms with Crippen LogP contribution in [0.2, 0.25) is 0 Å². The third-order valence-corrected chi connectivity index (χ3v) is 7.70. The number of primary sulfonamides is 1. The number of imidazole rings is 1. The highest BCUT2D eigenvalue weighted by atomic mass is 32.2. The first-order valence-corrected chi connectivity index (χ1v) is 13.6. The highest BCUT2D eigenvalue weighted by Crippen LogP contribution is 2.31. The first-order chi connectivity index (χ1) is 17.4. The predicted octanol–water partition coefficient (Wildman–Crippen LogP) is 5.81. The second-order valence-corrected chi connectivity index (χ2v) is 10.7. The number of fused-ring (bicyclic) bond motifs is 1. The Labute approximate surface area is 212 Å². The minimum Gasteiger partial charge on any atom is -0.324 e. The molecule has 5 rings (SSSR count). The monoisotopic (exact) mass is 495 g/mol. The maximum absolute atomic E-state index is 12.2. The fourth-order valence-electron chi connectivity index (χ4n) is 4.93. The van der Waals surface area contributed by atoms with Crippen molar-refractivity contribution in [2.75, 3.05) is 0 Å². The molecule has 0 atom stereocenters. The molecule has 5 nitrogen and oxygen atoms in total. The van der Waals surface area contributed by atoms with Crippen molar-refractivity contribution >= 4 is 21.1 Å². The molecule has 36 heavy (non-hydrogen) atoms. The van der Waals surface area contributed by atoms with Gasteiger partial charge in [0.1, 0.15) is 5.82 Å². The van der Waals surface area contributed by atoms with Crippen LogP contribution in [0.4, 0.5) is 0 Å². The molecule has 0 aliphatic heterocycles. The number of rotatable bonds is 8. The van der Waals surface area contributed by atoms with Gasteiger partial charge in [-0.3, -0.25) is 0 Å². The van der Waals surface area contributed by atoms with Crippen LogP contribution < -0.4 is 5.14 Å². The van der Waals surface area contributed by atoms with Crippen LogP contribution in [0.1, 0.15) is 40.4 Å². The Morgan fingerprint density at radius 3 is 2.06 bits per heavy atom. The third-order valence-electron chi connectivity index (χ3n) is 6.79. The number of para-hydroxylation sites is 2. The van der Waals surface area contributed by atoms with Crippen molar-refractivity contribution in [3.05, 3.63) is 131 Å². The van der Waals surface area contributed by atoms with E-state index >= 15 is 0 Å². The first kappa shape index (κ1) is 24.0. The number of sulfonamides is 1. The Bertz CT molecular complexity index is 1550. The minimum absolute atomic E-state index is 0.143. The number of nitrogens with two attached hydrogens (primary N) is 1. The van der Waals surface area contributed by atoms with Gasteiger partial charge >= 0.3 is 0 Å². The van der Waals surface area contributed by atoms with Gasteiger partial charge in [0.15, 0.2) is 0 Å². The molecule has 0 fully saturated rings. The fourth-order valence-corrected chi connectivity index (χ4v) is 5.49. The Hall–Kier alpha value is -3.74. The van der Waals surface area contributed by atoms with Crippen LogP contribution in [-0.2, 0) is 23.0 Å². The third kappa shape index (κ3) is 5.10. The summed E-state index contributed by atoms with van der Waals surface area (Å²) in [5.41, 5.74) is 6.53. The maximum Gasteiger partial charge on any atom is 0.238 e. The molecule has 0 aliphatic carbocycles. The highest BCUT2D eigenvalue weighted by molar-refractivity contribution is 7.89. The molecule has 1 aromatic heterocycles. The highest BCUT2D eigenvalue weighted by Gasteiger charge is 2.18. The van der Waals surface area contributed by atoms with E-state index in [9.17, 15) is 8.42 Å². The van der Waals surface area contributed by atoms with Gasteiger partial charge in [0.2, 0.25) is 10.0 Å². The molecule has 0 amide bonds. The minimum atomic E-state index is -3.81. The number of aryl methyl sites for hydroxylation is 2. The van der Waals surface area contributed by atoms with Gasteiger partial charge in [-0.1, -0.05) is 78.9 Å². The largest absolute Gasteiger partial charge is 0.324 e. The average molecular weight is 496 g/mol. The molecular formula is C30H29N3O2S. The van der Waals surface area contributed by atoms with Crippen LogP contribution in [0.15, 0.2) is 108 Å². The molecule has 1 heterocycles. The van der Waals surface area contributed by atoms with Crippen molar-refractivity contribution < 1.29 is 8.42 Å². The van der Waals surface area contributed by atoms with Crippen molar-refractivity contribution in [1.29, 1.82) is 0 Å². The molecular weight excluding hydrogens is 466 g/mol. The van der Waals surface area contributed by atoms with Gasteiger partial charge in [0, 0.05) is 12.5 Å². The number of hydrogen-bond donors (Lipinski definition) is 1. The zero-order valence-corrected chi connectivity index (χ0v) is 21.0. The molecule has 0 saturated carbocycles. The zero-order chi connectivity index (χ0) is 25.1. The number of hydrogen-bond acceptors (Lipinski definition) is 3. The Morgan fingerprint density at radius 2 is 1.42 bits per heavy atom. The number of nitrogens with zero attached hydrogens (tertiary/aromatic N) is 2. The molecule has 0 unspecified atom stereocenters. The van der Waals surface area contributed by atoms with Gasteiger partial charge in [0.25, 0.3) is 0 Å². The van der Waals surface area contributed by atoms with Crippen LogP contribution in [0.5, 0.6) is 0 Å². The summed E-state index contributed by atoms with van der Waals surface area (Å²) in [5, 5.41) is 5.51. The average Bonchev–Trinajstić information content (AvgIpc) is 3.20. The van der Waals surface area contributed by atoms with E-state index in [0.29, 0.717) is 13.0 Å². The summed E-state index contributed by atoms with van der Waals surface area (Å²) in [6, 6.07) is 34.2. The smallest absolute Gasteiger partial charge is 0.238 e. The molecule has 0 aliphatic rings. The first-order valence-electron chi connectivity index (χ1n) is 12.1. The van der Waals surface area contributed by atoms with Gasteiger partial charge in [-0.25, -0.2) is 18.5 Å². The van der Waals surface area contributed by atoms with Crippen molar-refractivity contribution in [3.63, 3.8) is 0 Å². The van der Waals surface area contributed by atoms with E-state index in [4.69, 9.17) is 10.1 Å². The standard InChI is InChI=1S/C30H29N3O2S/c1-22-32-29-14-8-9-15-30(29)33(22)21-26-16-18-27(36(31,34)35)20-25(26)17-19-28(23-10-4-2-5-11-23)24-12-6-3-7-13-24/h2-16,18,20,28H,17,19,21H2,1H3,(H2,31,34,35). The van der Waals surface area contributed by atoms with Crippen LogP contribution >= 0.6 is 0 Å². The van der Waals surface area contributed by atoms with E-state index in [-0.39, 0.29) is 10.8 Å². The summed E-state index contributed by atoms with van der Waals surface area (Å²) in [4.78, 5) is 4.84. The van der Waals surface area contributed by atoms with Gasteiger partial charge in [-0.05, 0) is 66.3 Å². The molecule has 0 bridgehead atoms. The van der Waals surface area contributed by atoms with Crippen molar-refractivity contribution in [2.45, 2.75) is 37.1 Å². The van der Waals surface area contributed by atoms with Gasteiger partial charge in [-0.2, -0.15) is 0 Å². The van der Waals surface area contributed by atoms with Gasteiger partial charge in [0.05, 0.1) is 15.9 Å². The summed E-state index contributed by atoms with van der Waals surface area (Å²) in [7, 11) is -3.81. The molecule has 2 N–H and O–H groups in total. The van der Waals surface area contributed by atoms with Crippen LogP contribution in [-0.4, -0.2) is 18.0 Å². The predicted molar refractivity (Wildman–Crippen MR) is 144 cm³/mol. The van der Waals surface area contributed by atoms with E-state index < -0.39 is 10.0 Å². The number of benzene rings is 4. The van der Waals surface area contributed by atoms with Crippen LogP contribution in [0, 0.1) is 6.92 Å². The number of aromatic nitrogens is 2. The van der Waals surface area contributed by atoms with Crippen LogP contribution in [0.3, 0.4) is 0 Å². The fraction of sp³-hybridized carbons (Fsp3) is 0.167. The summed E-state index contributed by atoms with van der Waals surface area (Å²) < 4.78 is 26.5. The summed E-state index contributed by atoms with van der Waals surface area (Å²) in [5.74, 6) is 1.11. The molecule has 6 heteroatoms. The lowest BCUT2D eigenvalue weighted by molar-refractivity contribution is 0.597. The van der Waals surface area contributed by atoms with Gasteiger partial charge in [-0.15, -0.1) is 0 Å². The normalized spacial score (nSPS) is 11.9. The lowest BCUT2D eigenvalue weighted by Crippen LogP contribution is -2.14. The summed E-state index contributed by atoms with van der Waals surface area (Å²) in [6.45, 7) is 2.60. The lowest BCUT2D eigenvalue weighted by Gasteiger charge is -2.20. The lowest BCUT2D eigenvalue weighted by atomic mass is 9.86.